The molecule has 1 aliphatic heterocycles. The second-order valence-corrected chi connectivity index (χ2v) is 9.26. The van der Waals surface area contributed by atoms with E-state index in [4.69, 9.17) is 23.2 Å². The van der Waals surface area contributed by atoms with E-state index in [9.17, 15) is 9.18 Å². The Labute approximate surface area is 203 Å². The maximum absolute atomic E-state index is 14.4. The van der Waals surface area contributed by atoms with Crippen LogP contribution in [-0.2, 0) is 13.0 Å². The lowest BCUT2D eigenvalue weighted by Gasteiger charge is -2.14. The molecule has 0 radical (unpaired) electrons. The number of carbonyl (C=O) groups excluding carboxylic acids is 1. The molecule has 0 spiro atoms. The van der Waals surface area contributed by atoms with Gasteiger partial charge in [0.1, 0.15) is 17.3 Å². The third-order valence-corrected chi connectivity index (χ3v) is 6.83. The number of nitrogens with zero attached hydrogens (tertiary/aromatic N) is 3. The third-order valence-electron chi connectivity index (χ3n) is 6.31. The molecule has 1 amide bonds. The molecule has 1 aliphatic rings. The van der Waals surface area contributed by atoms with E-state index in [0.717, 1.165) is 35.1 Å². The van der Waals surface area contributed by atoms with Crippen LogP contribution in [0.5, 0.6) is 0 Å². The largest absolute Gasteiger partial charge is 0.360 e. The molecule has 6 rings (SSSR count). The van der Waals surface area contributed by atoms with Crippen molar-refractivity contribution in [1.29, 1.82) is 0 Å². The van der Waals surface area contributed by atoms with Crippen molar-refractivity contribution in [3.8, 4) is 0 Å². The normalized spacial score (nSPS) is 15.2. The van der Waals surface area contributed by atoms with Crippen LogP contribution < -0.4 is 5.32 Å². The predicted molar refractivity (Wildman–Crippen MR) is 130 cm³/mol. The molecule has 0 aliphatic carbocycles. The Kier molecular flexibility index (Phi) is 5.04. The van der Waals surface area contributed by atoms with E-state index < -0.39 is 5.82 Å². The lowest BCUT2D eigenvalue weighted by atomic mass is 10.0. The summed E-state index contributed by atoms with van der Waals surface area (Å²) in [6.07, 6.45) is 6.67. The zero-order chi connectivity index (χ0) is 23.4. The van der Waals surface area contributed by atoms with Gasteiger partial charge in [0.15, 0.2) is 0 Å². The number of imidazole rings is 1. The van der Waals surface area contributed by atoms with Crippen LogP contribution in [0, 0.1) is 5.82 Å². The van der Waals surface area contributed by atoms with E-state index in [1.807, 2.05) is 22.8 Å². The number of carbonyl (C=O) groups is 1. The van der Waals surface area contributed by atoms with Gasteiger partial charge in [-0.25, -0.2) is 9.37 Å². The van der Waals surface area contributed by atoms with Crippen LogP contribution in [0.4, 0.5) is 4.39 Å². The summed E-state index contributed by atoms with van der Waals surface area (Å²) in [6.45, 7) is 0.0339. The average molecular weight is 494 g/mol. The Hall–Kier alpha value is -3.42. The molecule has 3 aromatic heterocycles. The summed E-state index contributed by atoms with van der Waals surface area (Å²) >= 11 is 12.2. The number of benzene rings is 2. The number of aryl methyl sites for hydroxylation is 1. The highest BCUT2D eigenvalue weighted by atomic mass is 35.5. The highest BCUT2D eigenvalue weighted by molar-refractivity contribution is 6.35. The number of hydrogen-bond donors (Lipinski definition) is 2. The number of amides is 1. The molecule has 0 saturated carbocycles. The summed E-state index contributed by atoms with van der Waals surface area (Å²) in [6, 6.07) is 11.1. The van der Waals surface area contributed by atoms with Gasteiger partial charge in [0.25, 0.3) is 5.91 Å². The molecule has 4 heterocycles. The van der Waals surface area contributed by atoms with Crippen molar-refractivity contribution in [3.63, 3.8) is 0 Å². The van der Waals surface area contributed by atoms with Crippen LogP contribution in [0.1, 0.15) is 39.9 Å². The molecular formula is C25H18Cl2FN5O. The first kappa shape index (κ1) is 21.1. The van der Waals surface area contributed by atoms with E-state index in [2.05, 4.69) is 26.3 Å². The molecular weight excluding hydrogens is 476 g/mol. The lowest BCUT2D eigenvalue weighted by molar-refractivity contribution is 0.0945. The molecule has 2 N–H and O–H groups in total. The van der Waals surface area contributed by atoms with Gasteiger partial charge in [-0.1, -0.05) is 29.3 Å². The van der Waals surface area contributed by atoms with Gasteiger partial charge in [0, 0.05) is 53.4 Å². The van der Waals surface area contributed by atoms with Gasteiger partial charge in [-0.3, -0.25) is 9.78 Å². The molecule has 9 heteroatoms. The summed E-state index contributed by atoms with van der Waals surface area (Å²) in [5, 5.41) is 5.55. The fraction of sp³-hybridized carbons (Fsp3) is 0.160. The SMILES string of the molecule is O=C(NCc1cc2c(Cl)c[nH]c2cc1F)c1cn2c(n1)CCC2c1ccc2ncc(Cl)cc2c1. The number of halogens is 3. The third kappa shape index (κ3) is 3.61. The fourth-order valence-corrected chi connectivity index (χ4v) is 4.99. The Bertz CT molecular complexity index is 1590. The van der Waals surface area contributed by atoms with Crippen molar-refractivity contribution in [1.82, 2.24) is 24.8 Å². The van der Waals surface area contributed by atoms with Crippen molar-refractivity contribution < 1.29 is 9.18 Å². The molecule has 1 atom stereocenters. The van der Waals surface area contributed by atoms with Gasteiger partial charge in [0.2, 0.25) is 0 Å². The summed E-state index contributed by atoms with van der Waals surface area (Å²) in [5.41, 5.74) is 3.27. The van der Waals surface area contributed by atoms with Crippen LogP contribution in [0.2, 0.25) is 10.0 Å². The predicted octanol–water partition coefficient (Wildman–Crippen LogP) is 5.82. The molecule has 2 aromatic carbocycles. The van der Waals surface area contributed by atoms with Gasteiger partial charge in [-0.05, 0) is 42.3 Å². The summed E-state index contributed by atoms with van der Waals surface area (Å²) in [4.78, 5) is 24.6. The maximum atomic E-state index is 14.4. The maximum Gasteiger partial charge on any atom is 0.271 e. The van der Waals surface area contributed by atoms with Crippen LogP contribution in [0.25, 0.3) is 21.8 Å². The second-order valence-electron chi connectivity index (χ2n) is 8.42. The Morgan fingerprint density at radius 3 is 3.00 bits per heavy atom. The molecule has 0 fully saturated rings. The van der Waals surface area contributed by atoms with Crippen molar-refractivity contribution in [2.24, 2.45) is 0 Å². The van der Waals surface area contributed by atoms with Gasteiger partial charge in [0.05, 0.1) is 21.6 Å². The zero-order valence-electron chi connectivity index (χ0n) is 17.8. The van der Waals surface area contributed by atoms with E-state index in [0.29, 0.717) is 32.2 Å². The topological polar surface area (TPSA) is 75.6 Å². The van der Waals surface area contributed by atoms with Crippen molar-refractivity contribution >= 4 is 50.9 Å². The molecule has 6 nitrogen and oxygen atoms in total. The Morgan fingerprint density at radius 2 is 2.12 bits per heavy atom. The Morgan fingerprint density at radius 1 is 1.24 bits per heavy atom. The van der Waals surface area contributed by atoms with Gasteiger partial charge < -0.3 is 14.9 Å². The molecule has 0 bridgehead atoms. The minimum absolute atomic E-state index is 0.0339. The van der Waals surface area contributed by atoms with Crippen molar-refractivity contribution in [2.45, 2.75) is 25.4 Å². The minimum Gasteiger partial charge on any atom is -0.360 e. The quantitative estimate of drug-likeness (QED) is 0.331. The van der Waals surface area contributed by atoms with Gasteiger partial charge in [-0.15, -0.1) is 0 Å². The van der Waals surface area contributed by atoms with Gasteiger partial charge in [-0.2, -0.15) is 0 Å². The van der Waals surface area contributed by atoms with E-state index >= 15 is 0 Å². The van der Waals surface area contributed by atoms with Crippen LogP contribution in [0.3, 0.4) is 0 Å². The number of fused-ring (bicyclic) bond motifs is 3. The Balaban J connectivity index is 1.22. The molecule has 5 aromatic rings. The van der Waals surface area contributed by atoms with Crippen LogP contribution in [-0.4, -0.2) is 25.4 Å². The highest BCUT2D eigenvalue weighted by Gasteiger charge is 2.27. The molecule has 170 valence electrons. The number of aromatic nitrogens is 4. The summed E-state index contributed by atoms with van der Waals surface area (Å²) in [5.74, 6) is 0.0885. The summed E-state index contributed by atoms with van der Waals surface area (Å²) < 4.78 is 16.5. The first-order valence-electron chi connectivity index (χ1n) is 10.8. The van der Waals surface area contributed by atoms with E-state index in [1.165, 1.54) is 6.07 Å². The first-order chi connectivity index (χ1) is 16.5. The summed E-state index contributed by atoms with van der Waals surface area (Å²) in [7, 11) is 0. The smallest absolute Gasteiger partial charge is 0.271 e. The monoisotopic (exact) mass is 493 g/mol. The highest BCUT2D eigenvalue weighted by Crippen LogP contribution is 2.33. The van der Waals surface area contributed by atoms with Crippen LogP contribution in [0.15, 0.2) is 55.0 Å². The zero-order valence-corrected chi connectivity index (χ0v) is 19.3. The molecule has 34 heavy (non-hydrogen) atoms. The van der Waals surface area contributed by atoms with Gasteiger partial charge >= 0.3 is 0 Å². The van der Waals surface area contributed by atoms with E-state index in [1.54, 1.807) is 24.7 Å². The fourth-order valence-electron chi connectivity index (χ4n) is 4.61. The lowest BCUT2D eigenvalue weighted by Crippen LogP contribution is -2.24. The molecule has 0 saturated heterocycles. The van der Waals surface area contributed by atoms with Crippen molar-refractivity contribution in [2.75, 3.05) is 0 Å². The second kappa shape index (κ2) is 8.11. The number of aromatic amines is 1. The van der Waals surface area contributed by atoms with Crippen LogP contribution >= 0.6 is 23.2 Å². The standard InChI is InChI=1S/C25H18Cl2FN5O/c26-16-6-14-5-13(1-2-20(14)29-10-16)23-3-4-24-32-22(12-33(23)24)25(34)31-9-15-7-17-18(27)11-30-21(17)8-19(15)28/h1-2,5-8,10-12,23,30H,3-4,9H2,(H,31,34). The molecule has 1 unspecified atom stereocenters. The number of H-pyrrole nitrogens is 1. The number of nitrogens with one attached hydrogen (secondary N) is 2. The minimum atomic E-state index is -0.412. The number of rotatable bonds is 4. The van der Waals surface area contributed by atoms with E-state index in [-0.39, 0.29) is 18.5 Å². The van der Waals surface area contributed by atoms with Crippen molar-refractivity contribution in [3.05, 3.63) is 93.5 Å². The number of hydrogen-bond acceptors (Lipinski definition) is 3. The number of pyridine rings is 1. The average Bonchev–Trinajstić information content (AvgIpc) is 3.51. The first-order valence-corrected chi connectivity index (χ1v) is 11.6.